The Balaban J connectivity index is 1.90. The summed E-state index contributed by atoms with van der Waals surface area (Å²) in [6.45, 7) is 3.96. The summed E-state index contributed by atoms with van der Waals surface area (Å²) < 4.78 is 0. The van der Waals surface area contributed by atoms with Crippen LogP contribution in [0.15, 0.2) is 24.3 Å². The molecule has 0 aliphatic carbocycles. The van der Waals surface area contributed by atoms with Crippen molar-refractivity contribution in [2.45, 2.75) is 26.7 Å². The van der Waals surface area contributed by atoms with Crippen LogP contribution < -0.4 is 5.32 Å². The fourth-order valence-electron chi connectivity index (χ4n) is 1.82. The molecule has 2 rings (SSSR count). The third-order valence-electron chi connectivity index (χ3n) is 2.69. The fraction of sp³-hybridized carbons (Fsp3) is 0.286. The van der Waals surface area contributed by atoms with Gasteiger partial charge in [-0.1, -0.05) is 17.7 Å². The number of carbonyl (C=O) groups excluding carboxylic acids is 1. The highest BCUT2D eigenvalue weighted by Crippen LogP contribution is 2.19. The van der Waals surface area contributed by atoms with Gasteiger partial charge in [0.2, 0.25) is 5.91 Å². The molecule has 2 aromatic rings. The first kappa shape index (κ1) is 14.0. The number of aryl methyl sites for hydroxylation is 3. The average molecular weight is 295 g/mol. The van der Waals surface area contributed by atoms with Crippen LogP contribution in [-0.2, 0) is 11.2 Å². The molecule has 1 aromatic heterocycles. The largest absolute Gasteiger partial charge is 0.326 e. The molecule has 0 unspecified atom stereocenters. The van der Waals surface area contributed by atoms with Crippen LogP contribution in [0.1, 0.15) is 22.0 Å². The zero-order valence-corrected chi connectivity index (χ0v) is 12.4. The summed E-state index contributed by atoms with van der Waals surface area (Å²) in [6.07, 6.45) is 1.18. The summed E-state index contributed by atoms with van der Waals surface area (Å²) in [5.41, 5.74) is 1.76. The first-order chi connectivity index (χ1) is 9.04. The summed E-state index contributed by atoms with van der Waals surface area (Å²) in [5, 5.41) is 4.50. The third-order valence-corrected chi connectivity index (χ3v) is 4.05. The highest BCUT2D eigenvalue weighted by atomic mass is 35.5. The number of rotatable bonds is 4. The highest BCUT2D eigenvalue weighted by molar-refractivity contribution is 7.11. The Labute approximate surface area is 121 Å². The molecule has 0 aliphatic rings. The molecular weight excluding hydrogens is 280 g/mol. The molecule has 0 spiro atoms. The second-order valence-electron chi connectivity index (χ2n) is 4.30. The van der Waals surface area contributed by atoms with Crippen molar-refractivity contribution in [3.63, 3.8) is 0 Å². The van der Waals surface area contributed by atoms with Gasteiger partial charge in [0, 0.05) is 22.0 Å². The van der Waals surface area contributed by atoms with E-state index >= 15 is 0 Å². The minimum atomic E-state index is -0.00674. The van der Waals surface area contributed by atoms with E-state index in [2.05, 4.69) is 10.3 Å². The number of nitrogens with one attached hydrogen (secondary N) is 1. The lowest BCUT2D eigenvalue weighted by molar-refractivity contribution is -0.116. The first-order valence-electron chi connectivity index (χ1n) is 6.03. The minimum Gasteiger partial charge on any atom is -0.326 e. The lowest BCUT2D eigenvalue weighted by Crippen LogP contribution is -2.12. The molecule has 0 atom stereocenters. The maximum absolute atomic E-state index is 11.8. The Kier molecular flexibility index (Phi) is 4.56. The van der Waals surface area contributed by atoms with Gasteiger partial charge >= 0.3 is 0 Å². The van der Waals surface area contributed by atoms with E-state index in [0.29, 0.717) is 11.4 Å². The topological polar surface area (TPSA) is 42.0 Å². The van der Waals surface area contributed by atoms with Crippen LogP contribution in [0.5, 0.6) is 0 Å². The van der Waals surface area contributed by atoms with Crippen molar-refractivity contribution >= 4 is 34.5 Å². The number of anilines is 1. The second-order valence-corrected chi connectivity index (χ2v) is 6.02. The summed E-state index contributed by atoms with van der Waals surface area (Å²) >= 11 is 7.52. The van der Waals surface area contributed by atoms with Gasteiger partial charge in [0.15, 0.2) is 0 Å². The Bertz CT molecular complexity index is 595. The van der Waals surface area contributed by atoms with E-state index in [0.717, 1.165) is 22.8 Å². The van der Waals surface area contributed by atoms with Gasteiger partial charge in [-0.3, -0.25) is 4.79 Å². The monoisotopic (exact) mass is 294 g/mol. The van der Waals surface area contributed by atoms with Gasteiger partial charge in [-0.25, -0.2) is 4.98 Å². The second kappa shape index (κ2) is 6.17. The van der Waals surface area contributed by atoms with Crippen LogP contribution in [0.2, 0.25) is 5.02 Å². The van der Waals surface area contributed by atoms with Crippen LogP contribution in [0, 0.1) is 13.8 Å². The van der Waals surface area contributed by atoms with E-state index in [1.54, 1.807) is 23.5 Å². The quantitative estimate of drug-likeness (QED) is 0.926. The Morgan fingerprint density at radius 2 is 2.21 bits per heavy atom. The van der Waals surface area contributed by atoms with E-state index in [1.807, 2.05) is 26.0 Å². The van der Waals surface area contributed by atoms with Gasteiger partial charge in [0.05, 0.1) is 10.7 Å². The predicted octanol–water partition coefficient (Wildman–Crippen LogP) is 3.98. The van der Waals surface area contributed by atoms with E-state index < -0.39 is 0 Å². The lowest BCUT2D eigenvalue weighted by Gasteiger charge is -2.05. The molecule has 0 fully saturated rings. The highest BCUT2D eigenvalue weighted by Gasteiger charge is 2.08. The number of halogens is 1. The molecular formula is C14H15ClN2OS. The summed E-state index contributed by atoms with van der Waals surface area (Å²) in [6, 6.07) is 7.16. The van der Waals surface area contributed by atoms with E-state index in [-0.39, 0.29) is 5.91 Å². The summed E-state index contributed by atoms with van der Waals surface area (Å²) in [7, 11) is 0. The molecule has 0 saturated carbocycles. The van der Waals surface area contributed by atoms with Crippen molar-refractivity contribution in [2.75, 3.05) is 5.32 Å². The maximum atomic E-state index is 11.8. The SMILES string of the molecule is Cc1nc(C)c(CCC(=O)Nc2cccc(Cl)c2)s1. The molecule has 5 heteroatoms. The van der Waals surface area contributed by atoms with Crippen molar-refractivity contribution in [2.24, 2.45) is 0 Å². The number of thiazole rings is 1. The van der Waals surface area contributed by atoms with Crippen molar-refractivity contribution in [3.8, 4) is 0 Å². The zero-order valence-electron chi connectivity index (χ0n) is 10.9. The normalized spacial score (nSPS) is 10.5. The van der Waals surface area contributed by atoms with Gasteiger partial charge in [-0.2, -0.15) is 0 Å². The Morgan fingerprint density at radius 1 is 1.42 bits per heavy atom. The van der Waals surface area contributed by atoms with Gasteiger partial charge in [-0.15, -0.1) is 11.3 Å². The summed E-state index contributed by atoms with van der Waals surface area (Å²) in [5.74, 6) is -0.00674. The maximum Gasteiger partial charge on any atom is 0.224 e. The number of amides is 1. The number of benzene rings is 1. The Hall–Kier alpha value is -1.39. The molecule has 1 N–H and O–H groups in total. The number of carbonyl (C=O) groups is 1. The van der Waals surface area contributed by atoms with Crippen LogP contribution in [-0.4, -0.2) is 10.9 Å². The van der Waals surface area contributed by atoms with Gasteiger partial charge < -0.3 is 5.32 Å². The van der Waals surface area contributed by atoms with Gasteiger partial charge in [-0.05, 0) is 38.5 Å². The van der Waals surface area contributed by atoms with Crippen molar-refractivity contribution in [1.82, 2.24) is 4.98 Å². The van der Waals surface area contributed by atoms with Crippen LogP contribution in [0.25, 0.3) is 0 Å². The smallest absolute Gasteiger partial charge is 0.224 e. The van der Waals surface area contributed by atoms with E-state index in [9.17, 15) is 4.79 Å². The number of nitrogens with zero attached hydrogens (tertiary/aromatic N) is 1. The molecule has 1 heterocycles. The van der Waals surface area contributed by atoms with E-state index in [4.69, 9.17) is 11.6 Å². The average Bonchev–Trinajstić information content (AvgIpc) is 2.65. The minimum absolute atomic E-state index is 0.00674. The molecule has 0 aliphatic heterocycles. The number of hydrogen-bond acceptors (Lipinski definition) is 3. The first-order valence-corrected chi connectivity index (χ1v) is 7.22. The van der Waals surface area contributed by atoms with Crippen molar-refractivity contribution < 1.29 is 4.79 Å². The summed E-state index contributed by atoms with van der Waals surface area (Å²) in [4.78, 5) is 17.4. The number of hydrogen-bond donors (Lipinski definition) is 1. The molecule has 100 valence electrons. The molecule has 3 nitrogen and oxygen atoms in total. The fourth-order valence-corrected chi connectivity index (χ4v) is 2.95. The third kappa shape index (κ3) is 4.04. The lowest BCUT2D eigenvalue weighted by atomic mass is 10.2. The molecule has 0 saturated heterocycles. The van der Waals surface area contributed by atoms with Crippen molar-refractivity contribution in [1.29, 1.82) is 0 Å². The predicted molar refractivity (Wildman–Crippen MR) is 80.0 cm³/mol. The van der Waals surface area contributed by atoms with Crippen molar-refractivity contribution in [3.05, 3.63) is 44.9 Å². The Morgan fingerprint density at radius 3 is 2.84 bits per heavy atom. The van der Waals surface area contributed by atoms with Gasteiger partial charge in [0.25, 0.3) is 0 Å². The van der Waals surface area contributed by atoms with Crippen LogP contribution in [0.3, 0.4) is 0 Å². The molecule has 19 heavy (non-hydrogen) atoms. The zero-order chi connectivity index (χ0) is 13.8. The number of aromatic nitrogens is 1. The molecule has 0 radical (unpaired) electrons. The van der Waals surface area contributed by atoms with Crippen LogP contribution >= 0.6 is 22.9 Å². The van der Waals surface area contributed by atoms with E-state index in [1.165, 1.54) is 4.88 Å². The molecule has 1 aromatic carbocycles. The van der Waals surface area contributed by atoms with Gasteiger partial charge in [0.1, 0.15) is 0 Å². The van der Waals surface area contributed by atoms with Crippen LogP contribution in [0.4, 0.5) is 5.69 Å². The molecule has 0 bridgehead atoms. The molecule has 1 amide bonds. The standard InChI is InChI=1S/C14H15ClN2OS/c1-9-13(19-10(2)16-9)6-7-14(18)17-12-5-3-4-11(15)8-12/h3-5,8H,6-7H2,1-2H3,(H,17,18).